The topological polar surface area (TPSA) is 84.7 Å². The minimum atomic E-state index is -0.163. The van der Waals surface area contributed by atoms with E-state index in [1.165, 1.54) is 0 Å². The monoisotopic (exact) mass is 336 g/mol. The summed E-state index contributed by atoms with van der Waals surface area (Å²) in [7, 11) is 0. The average Bonchev–Trinajstić information content (AvgIpc) is 3.03. The van der Waals surface area contributed by atoms with E-state index in [-0.39, 0.29) is 11.9 Å². The van der Waals surface area contributed by atoms with Crippen molar-refractivity contribution in [2.75, 3.05) is 13.1 Å². The Labute approximate surface area is 145 Å². The first-order chi connectivity index (χ1) is 12.2. The molecule has 1 amide bonds. The van der Waals surface area contributed by atoms with Gasteiger partial charge in [-0.3, -0.25) is 9.78 Å². The summed E-state index contributed by atoms with van der Waals surface area (Å²) in [6.45, 7) is 3.72. The van der Waals surface area contributed by atoms with E-state index in [0.29, 0.717) is 11.4 Å². The molecule has 25 heavy (non-hydrogen) atoms. The molecule has 0 spiro atoms. The number of amides is 1. The number of carbonyl (C=O) groups is 1. The first-order valence-electron chi connectivity index (χ1n) is 8.52. The van der Waals surface area contributed by atoms with Crippen LogP contribution in [0.4, 0.5) is 0 Å². The van der Waals surface area contributed by atoms with E-state index in [0.717, 1.165) is 42.5 Å². The summed E-state index contributed by atoms with van der Waals surface area (Å²) in [6, 6.07) is 9.99. The molecule has 2 N–H and O–H groups in total. The summed E-state index contributed by atoms with van der Waals surface area (Å²) >= 11 is 0. The molecule has 0 atom stereocenters. The van der Waals surface area contributed by atoms with E-state index in [4.69, 9.17) is 0 Å². The lowest BCUT2D eigenvalue weighted by Gasteiger charge is -2.23. The van der Waals surface area contributed by atoms with Gasteiger partial charge in [-0.05, 0) is 45.0 Å². The number of benzene rings is 1. The highest BCUT2D eigenvalue weighted by molar-refractivity contribution is 5.94. The number of fused-ring (bicyclic) bond motifs is 1. The van der Waals surface area contributed by atoms with Crippen molar-refractivity contribution in [3.8, 4) is 5.69 Å². The lowest BCUT2D eigenvalue weighted by Crippen LogP contribution is -2.43. The number of nitrogens with one attached hydrogen (secondary N) is 2. The Bertz CT molecular complexity index is 908. The molecule has 0 unspecified atom stereocenters. The van der Waals surface area contributed by atoms with E-state index in [1.54, 1.807) is 10.9 Å². The molecule has 0 bridgehead atoms. The van der Waals surface area contributed by atoms with Crippen LogP contribution in [0.5, 0.6) is 0 Å². The fraction of sp³-hybridized carbons (Fsp3) is 0.333. The van der Waals surface area contributed by atoms with E-state index in [1.807, 2.05) is 37.3 Å². The fourth-order valence-corrected chi connectivity index (χ4v) is 3.25. The third-order valence-corrected chi connectivity index (χ3v) is 4.62. The molecule has 2 aromatic heterocycles. The number of nitrogens with zero attached hydrogens (tertiary/aromatic N) is 4. The minimum Gasteiger partial charge on any atom is -0.348 e. The number of rotatable bonds is 3. The molecule has 0 aliphatic carbocycles. The summed E-state index contributed by atoms with van der Waals surface area (Å²) in [4.78, 5) is 17.0. The van der Waals surface area contributed by atoms with Crippen molar-refractivity contribution in [2.45, 2.75) is 25.8 Å². The van der Waals surface area contributed by atoms with Crippen LogP contribution in [-0.4, -0.2) is 45.0 Å². The van der Waals surface area contributed by atoms with Crippen LogP contribution in [-0.2, 0) is 0 Å². The highest BCUT2D eigenvalue weighted by atomic mass is 16.2. The first kappa shape index (κ1) is 15.7. The molecule has 4 rings (SSSR count). The van der Waals surface area contributed by atoms with Gasteiger partial charge < -0.3 is 10.6 Å². The van der Waals surface area contributed by atoms with Gasteiger partial charge in [-0.1, -0.05) is 23.4 Å². The smallest absolute Gasteiger partial charge is 0.273 e. The van der Waals surface area contributed by atoms with Gasteiger partial charge in [0, 0.05) is 17.6 Å². The van der Waals surface area contributed by atoms with Crippen molar-refractivity contribution in [3.05, 3.63) is 47.9 Å². The van der Waals surface area contributed by atoms with Gasteiger partial charge in [0.15, 0.2) is 5.69 Å². The molecule has 128 valence electrons. The summed E-state index contributed by atoms with van der Waals surface area (Å²) in [5.41, 5.74) is 2.74. The summed E-state index contributed by atoms with van der Waals surface area (Å²) < 4.78 is 1.69. The molecule has 7 heteroatoms. The maximum Gasteiger partial charge on any atom is 0.273 e. The number of hydrogen-bond acceptors (Lipinski definition) is 5. The van der Waals surface area contributed by atoms with Crippen molar-refractivity contribution in [1.29, 1.82) is 0 Å². The molecule has 1 aliphatic heterocycles. The van der Waals surface area contributed by atoms with E-state index in [2.05, 4.69) is 25.9 Å². The van der Waals surface area contributed by atoms with Crippen LogP contribution in [0.25, 0.3) is 16.6 Å². The van der Waals surface area contributed by atoms with Crippen LogP contribution >= 0.6 is 0 Å². The van der Waals surface area contributed by atoms with Gasteiger partial charge in [-0.2, -0.15) is 0 Å². The number of piperidine rings is 1. The maximum atomic E-state index is 12.6. The average molecular weight is 336 g/mol. The van der Waals surface area contributed by atoms with Crippen molar-refractivity contribution in [3.63, 3.8) is 0 Å². The molecule has 3 aromatic rings. The molecule has 3 heterocycles. The van der Waals surface area contributed by atoms with Crippen LogP contribution in [0.2, 0.25) is 0 Å². The SMILES string of the molecule is Cc1c(C(=O)NC2CCNCC2)nnn1-c1cccc2cccnc12. The highest BCUT2D eigenvalue weighted by Crippen LogP contribution is 2.21. The first-order valence-corrected chi connectivity index (χ1v) is 8.52. The molecular formula is C18H20N6O. The van der Waals surface area contributed by atoms with Crippen molar-refractivity contribution >= 4 is 16.8 Å². The second-order valence-corrected chi connectivity index (χ2v) is 6.29. The number of carbonyl (C=O) groups excluding carboxylic acids is 1. The van der Waals surface area contributed by atoms with Gasteiger partial charge in [-0.25, -0.2) is 4.68 Å². The number of hydrogen-bond donors (Lipinski definition) is 2. The quantitative estimate of drug-likeness (QED) is 0.759. The molecule has 0 radical (unpaired) electrons. The Morgan fingerprint density at radius 2 is 2.04 bits per heavy atom. The van der Waals surface area contributed by atoms with E-state index < -0.39 is 0 Å². The minimum absolute atomic E-state index is 0.163. The molecular weight excluding hydrogens is 316 g/mol. The Balaban J connectivity index is 1.65. The molecule has 1 fully saturated rings. The number of pyridine rings is 1. The predicted molar refractivity (Wildman–Crippen MR) is 94.8 cm³/mol. The number of para-hydroxylation sites is 1. The second kappa shape index (κ2) is 6.60. The zero-order valence-electron chi connectivity index (χ0n) is 14.1. The van der Waals surface area contributed by atoms with E-state index >= 15 is 0 Å². The number of aromatic nitrogens is 4. The zero-order chi connectivity index (χ0) is 17.2. The van der Waals surface area contributed by atoms with Gasteiger partial charge in [0.2, 0.25) is 0 Å². The van der Waals surface area contributed by atoms with Crippen LogP contribution in [0, 0.1) is 6.92 Å². The zero-order valence-corrected chi connectivity index (χ0v) is 14.1. The summed E-state index contributed by atoms with van der Waals surface area (Å²) in [6.07, 6.45) is 3.63. The Morgan fingerprint density at radius 1 is 1.24 bits per heavy atom. The van der Waals surface area contributed by atoms with Crippen LogP contribution < -0.4 is 10.6 Å². The predicted octanol–water partition coefficient (Wildman–Crippen LogP) is 1.61. The van der Waals surface area contributed by atoms with Crippen LogP contribution in [0.15, 0.2) is 36.5 Å². The van der Waals surface area contributed by atoms with Gasteiger partial charge in [0.05, 0.1) is 16.9 Å². The van der Waals surface area contributed by atoms with Gasteiger partial charge in [-0.15, -0.1) is 5.10 Å². The normalized spacial score (nSPS) is 15.4. The lowest BCUT2D eigenvalue weighted by atomic mass is 10.1. The Morgan fingerprint density at radius 3 is 2.88 bits per heavy atom. The van der Waals surface area contributed by atoms with Crippen LogP contribution in [0.1, 0.15) is 29.0 Å². The van der Waals surface area contributed by atoms with Gasteiger partial charge in [0.1, 0.15) is 0 Å². The largest absolute Gasteiger partial charge is 0.348 e. The van der Waals surface area contributed by atoms with Crippen LogP contribution in [0.3, 0.4) is 0 Å². The van der Waals surface area contributed by atoms with E-state index in [9.17, 15) is 4.79 Å². The summed E-state index contributed by atoms with van der Waals surface area (Å²) in [5, 5.41) is 15.7. The van der Waals surface area contributed by atoms with Gasteiger partial charge >= 0.3 is 0 Å². The Hall–Kier alpha value is -2.80. The second-order valence-electron chi connectivity index (χ2n) is 6.29. The molecule has 1 aliphatic rings. The third-order valence-electron chi connectivity index (χ3n) is 4.62. The van der Waals surface area contributed by atoms with Crippen molar-refractivity contribution in [2.24, 2.45) is 0 Å². The summed E-state index contributed by atoms with van der Waals surface area (Å²) in [5.74, 6) is -0.163. The molecule has 0 saturated carbocycles. The lowest BCUT2D eigenvalue weighted by molar-refractivity contribution is 0.0923. The highest BCUT2D eigenvalue weighted by Gasteiger charge is 2.22. The fourth-order valence-electron chi connectivity index (χ4n) is 3.25. The molecule has 7 nitrogen and oxygen atoms in total. The standard InChI is InChI=1S/C18H20N6O/c1-12-16(18(25)21-14-7-10-19-11-8-14)22-23-24(12)15-6-2-4-13-5-3-9-20-17(13)15/h2-6,9,14,19H,7-8,10-11H2,1H3,(H,21,25). The Kier molecular flexibility index (Phi) is 4.15. The maximum absolute atomic E-state index is 12.6. The van der Waals surface area contributed by atoms with Gasteiger partial charge in [0.25, 0.3) is 5.91 Å². The van der Waals surface area contributed by atoms with Crippen molar-refractivity contribution < 1.29 is 4.79 Å². The molecule has 1 aromatic carbocycles. The third kappa shape index (κ3) is 2.98. The van der Waals surface area contributed by atoms with Crippen molar-refractivity contribution in [1.82, 2.24) is 30.6 Å². The molecule has 1 saturated heterocycles.